The maximum atomic E-state index is 13.3. The lowest BCUT2D eigenvalue weighted by Crippen LogP contribution is -2.28. The van der Waals surface area contributed by atoms with Crippen molar-refractivity contribution >= 4 is 11.7 Å². The number of anilines is 1. The highest BCUT2D eigenvalue weighted by Crippen LogP contribution is 2.19. The lowest BCUT2D eigenvalue weighted by molar-refractivity contribution is 0.251. The van der Waals surface area contributed by atoms with Crippen LogP contribution in [-0.4, -0.2) is 15.8 Å². The number of carbonyl (C=O) groups is 1. The second kappa shape index (κ2) is 10.3. The van der Waals surface area contributed by atoms with E-state index in [4.69, 9.17) is 4.74 Å². The van der Waals surface area contributed by atoms with Crippen molar-refractivity contribution in [3.8, 4) is 5.75 Å². The lowest BCUT2D eigenvalue weighted by Gasteiger charge is -2.12. The van der Waals surface area contributed by atoms with E-state index >= 15 is 0 Å². The molecule has 0 bridgehead atoms. The summed E-state index contributed by atoms with van der Waals surface area (Å²) in [6.45, 7) is 1.26. The molecular weight excluding hydrogens is 407 g/mol. The topological polar surface area (TPSA) is 68.2 Å². The van der Waals surface area contributed by atoms with E-state index in [2.05, 4.69) is 15.7 Å². The molecule has 162 valence electrons. The number of urea groups is 1. The minimum atomic E-state index is -0.318. The number of amides is 2. The molecular formula is C25H23FN4O2. The van der Waals surface area contributed by atoms with Gasteiger partial charge in [-0.25, -0.2) is 9.18 Å². The molecule has 0 unspecified atom stereocenters. The Bertz CT molecular complexity index is 1180. The first kappa shape index (κ1) is 21.1. The number of hydrogen-bond donors (Lipinski definition) is 2. The fourth-order valence-electron chi connectivity index (χ4n) is 3.26. The zero-order valence-electron chi connectivity index (χ0n) is 17.4. The Kier molecular flexibility index (Phi) is 6.77. The van der Waals surface area contributed by atoms with E-state index in [1.165, 1.54) is 12.1 Å². The lowest BCUT2D eigenvalue weighted by atomic mass is 10.1. The van der Waals surface area contributed by atoms with E-state index in [-0.39, 0.29) is 18.5 Å². The number of carbonyl (C=O) groups excluding carboxylic acids is 1. The number of ether oxygens (including phenoxy) is 1. The van der Waals surface area contributed by atoms with Crippen molar-refractivity contribution in [1.29, 1.82) is 0 Å². The van der Waals surface area contributed by atoms with Gasteiger partial charge in [0.15, 0.2) is 0 Å². The number of aromatic nitrogens is 2. The number of nitrogens with one attached hydrogen (secondary N) is 2. The summed E-state index contributed by atoms with van der Waals surface area (Å²) in [5.41, 5.74) is 3.44. The average Bonchev–Trinajstić information content (AvgIpc) is 3.31. The van der Waals surface area contributed by atoms with Gasteiger partial charge in [-0.3, -0.25) is 4.68 Å². The predicted octanol–water partition coefficient (Wildman–Crippen LogP) is 4.97. The first-order valence-corrected chi connectivity index (χ1v) is 10.2. The van der Waals surface area contributed by atoms with Gasteiger partial charge in [0.2, 0.25) is 0 Å². The van der Waals surface area contributed by atoms with Gasteiger partial charge in [0.05, 0.1) is 6.54 Å². The molecule has 4 rings (SSSR count). The third kappa shape index (κ3) is 5.95. The highest BCUT2D eigenvalue weighted by Gasteiger charge is 2.07. The summed E-state index contributed by atoms with van der Waals surface area (Å²) in [5.74, 6) is 0.279. The van der Waals surface area contributed by atoms with Gasteiger partial charge >= 0.3 is 6.03 Å². The average molecular weight is 430 g/mol. The second-order valence-corrected chi connectivity index (χ2v) is 7.23. The fourth-order valence-corrected chi connectivity index (χ4v) is 3.26. The molecule has 0 aliphatic heterocycles. The van der Waals surface area contributed by atoms with Crippen molar-refractivity contribution in [2.75, 3.05) is 5.32 Å². The van der Waals surface area contributed by atoms with Crippen LogP contribution in [0.4, 0.5) is 14.9 Å². The van der Waals surface area contributed by atoms with Crippen LogP contribution >= 0.6 is 0 Å². The van der Waals surface area contributed by atoms with Crippen molar-refractivity contribution < 1.29 is 13.9 Å². The van der Waals surface area contributed by atoms with Crippen molar-refractivity contribution in [3.05, 3.63) is 114 Å². The molecule has 2 amide bonds. The summed E-state index contributed by atoms with van der Waals surface area (Å²) >= 11 is 0. The summed E-state index contributed by atoms with van der Waals surface area (Å²) in [5, 5.41) is 9.94. The van der Waals surface area contributed by atoms with Gasteiger partial charge in [0, 0.05) is 30.7 Å². The van der Waals surface area contributed by atoms with Crippen LogP contribution < -0.4 is 15.4 Å². The van der Waals surface area contributed by atoms with Gasteiger partial charge in [0.25, 0.3) is 0 Å². The van der Waals surface area contributed by atoms with Crippen LogP contribution in [-0.2, 0) is 19.7 Å². The van der Waals surface area contributed by atoms with Gasteiger partial charge in [-0.15, -0.1) is 0 Å². The fraction of sp³-hybridized carbons (Fsp3) is 0.120. The van der Waals surface area contributed by atoms with Crippen LogP contribution in [0, 0.1) is 5.82 Å². The summed E-state index contributed by atoms with van der Waals surface area (Å²) < 4.78 is 20.9. The molecule has 7 heteroatoms. The summed E-state index contributed by atoms with van der Waals surface area (Å²) in [7, 11) is 0. The number of halogens is 1. The maximum Gasteiger partial charge on any atom is 0.319 e. The third-order valence-electron chi connectivity index (χ3n) is 4.84. The maximum absolute atomic E-state index is 13.3. The Labute approximate surface area is 185 Å². The van der Waals surface area contributed by atoms with Gasteiger partial charge in [0.1, 0.15) is 18.2 Å². The Balaban J connectivity index is 1.31. The molecule has 0 saturated heterocycles. The molecule has 3 aromatic carbocycles. The van der Waals surface area contributed by atoms with Crippen LogP contribution in [0.2, 0.25) is 0 Å². The van der Waals surface area contributed by atoms with Gasteiger partial charge in [-0.05, 0) is 47.0 Å². The molecule has 6 nitrogen and oxygen atoms in total. The van der Waals surface area contributed by atoms with E-state index in [1.807, 2.05) is 41.2 Å². The standard InChI is InChI=1S/C25H23FN4O2/c26-22-9-3-6-19(14-22)18-32-24-11-4-10-23(15-24)29-25(31)27-16-20-7-1-2-8-21(20)17-30-13-5-12-28-30/h1-15H,16-18H2,(H2,27,29,31). The molecule has 0 aliphatic rings. The summed E-state index contributed by atoms with van der Waals surface area (Å²) in [6.07, 6.45) is 3.64. The molecule has 2 N–H and O–H groups in total. The summed E-state index contributed by atoms with van der Waals surface area (Å²) in [4.78, 5) is 12.4. The van der Waals surface area contributed by atoms with Crippen molar-refractivity contribution in [2.24, 2.45) is 0 Å². The second-order valence-electron chi connectivity index (χ2n) is 7.23. The third-order valence-corrected chi connectivity index (χ3v) is 4.84. The number of benzene rings is 3. The highest BCUT2D eigenvalue weighted by molar-refractivity contribution is 5.89. The monoisotopic (exact) mass is 430 g/mol. The normalized spacial score (nSPS) is 10.5. The van der Waals surface area contributed by atoms with E-state index < -0.39 is 0 Å². The van der Waals surface area contributed by atoms with Crippen LogP contribution in [0.15, 0.2) is 91.3 Å². The first-order valence-electron chi connectivity index (χ1n) is 10.2. The zero-order valence-corrected chi connectivity index (χ0v) is 17.4. The number of rotatable bonds is 8. The molecule has 1 aromatic heterocycles. The Hall–Kier alpha value is -4.13. The van der Waals surface area contributed by atoms with Crippen LogP contribution in [0.25, 0.3) is 0 Å². The van der Waals surface area contributed by atoms with E-state index in [1.54, 1.807) is 42.6 Å². The van der Waals surface area contributed by atoms with Crippen LogP contribution in [0.3, 0.4) is 0 Å². The van der Waals surface area contributed by atoms with Crippen molar-refractivity contribution in [3.63, 3.8) is 0 Å². The summed E-state index contributed by atoms with van der Waals surface area (Å²) in [6, 6.07) is 22.8. The minimum absolute atomic E-state index is 0.237. The van der Waals surface area contributed by atoms with Crippen molar-refractivity contribution in [1.82, 2.24) is 15.1 Å². The Morgan fingerprint density at radius 2 is 1.81 bits per heavy atom. The molecule has 0 radical (unpaired) electrons. The smallest absolute Gasteiger partial charge is 0.319 e. The van der Waals surface area contributed by atoms with Crippen LogP contribution in [0.5, 0.6) is 5.75 Å². The van der Waals surface area contributed by atoms with E-state index in [0.717, 1.165) is 16.7 Å². The van der Waals surface area contributed by atoms with E-state index in [9.17, 15) is 9.18 Å². The molecule has 0 aliphatic carbocycles. The number of nitrogens with zero attached hydrogens (tertiary/aromatic N) is 2. The zero-order chi connectivity index (χ0) is 22.2. The molecule has 0 atom stereocenters. The van der Waals surface area contributed by atoms with Gasteiger partial charge in [-0.2, -0.15) is 5.10 Å². The van der Waals surface area contributed by atoms with E-state index in [0.29, 0.717) is 24.5 Å². The Morgan fingerprint density at radius 3 is 2.62 bits per heavy atom. The number of hydrogen-bond acceptors (Lipinski definition) is 3. The Morgan fingerprint density at radius 1 is 0.969 bits per heavy atom. The predicted molar refractivity (Wildman–Crippen MR) is 121 cm³/mol. The SMILES string of the molecule is O=C(NCc1ccccc1Cn1cccn1)Nc1cccc(OCc2cccc(F)c2)c1. The molecule has 0 spiro atoms. The van der Waals surface area contributed by atoms with Crippen LogP contribution in [0.1, 0.15) is 16.7 Å². The van der Waals surface area contributed by atoms with Gasteiger partial charge < -0.3 is 15.4 Å². The minimum Gasteiger partial charge on any atom is -0.489 e. The molecule has 0 saturated carbocycles. The van der Waals surface area contributed by atoms with Gasteiger partial charge in [-0.1, -0.05) is 42.5 Å². The molecule has 32 heavy (non-hydrogen) atoms. The molecule has 1 heterocycles. The quantitative estimate of drug-likeness (QED) is 0.415. The van der Waals surface area contributed by atoms with Crippen molar-refractivity contribution in [2.45, 2.75) is 19.7 Å². The highest BCUT2D eigenvalue weighted by atomic mass is 19.1. The molecule has 4 aromatic rings. The largest absolute Gasteiger partial charge is 0.489 e. The first-order chi connectivity index (χ1) is 15.7. The molecule has 0 fully saturated rings.